The van der Waals surface area contributed by atoms with E-state index in [1.807, 2.05) is 0 Å². The van der Waals surface area contributed by atoms with E-state index in [4.69, 9.17) is 0 Å². The van der Waals surface area contributed by atoms with E-state index in [1.165, 1.54) is 0 Å². The third-order valence-electron chi connectivity index (χ3n) is 3.94. The van der Waals surface area contributed by atoms with Gasteiger partial charge in [0.2, 0.25) is 10.0 Å². The molecule has 2 fully saturated rings. The summed E-state index contributed by atoms with van der Waals surface area (Å²) in [6.07, 6.45) is 4.06. The third-order valence-corrected chi connectivity index (χ3v) is 5.94. The molecule has 0 saturated carbocycles. The Kier molecular flexibility index (Phi) is 3.08. The van der Waals surface area contributed by atoms with Crippen LogP contribution >= 0.6 is 0 Å². The fourth-order valence-corrected chi connectivity index (χ4v) is 4.71. The summed E-state index contributed by atoms with van der Waals surface area (Å²) in [5, 5.41) is 0. The lowest BCUT2D eigenvalue weighted by atomic mass is 9.83. The van der Waals surface area contributed by atoms with Crippen molar-refractivity contribution in [2.45, 2.75) is 45.6 Å². The van der Waals surface area contributed by atoms with Crippen LogP contribution in [0.15, 0.2) is 0 Å². The predicted octanol–water partition coefficient (Wildman–Crippen LogP) is 1.85. The molecule has 3 nitrogen and oxygen atoms in total. The van der Waals surface area contributed by atoms with Crippen LogP contribution in [-0.2, 0) is 10.0 Å². The first kappa shape index (κ1) is 11.4. The van der Waals surface area contributed by atoms with Gasteiger partial charge in [0.15, 0.2) is 0 Å². The highest BCUT2D eigenvalue weighted by molar-refractivity contribution is 7.89. The monoisotopic (exact) mass is 231 g/mol. The normalized spacial score (nSPS) is 36.5. The maximum absolute atomic E-state index is 11.8. The first-order valence-electron chi connectivity index (χ1n) is 6.00. The van der Waals surface area contributed by atoms with Crippen LogP contribution in [0.1, 0.15) is 39.5 Å². The van der Waals surface area contributed by atoms with E-state index in [0.717, 1.165) is 38.1 Å². The zero-order chi connectivity index (χ0) is 11.1. The maximum atomic E-state index is 11.8. The van der Waals surface area contributed by atoms with Gasteiger partial charge in [-0.25, -0.2) is 8.42 Å². The van der Waals surface area contributed by atoms with Gasteiger partial charge in [-0.15, -0.1) is 0 Å². The minimum atomic E-state index is -2.90. The fourth-order valence-electron chi connectivity index (χ4n) is 2.91. The summed E-state index contributed by atoms with van der Waals surface area (Å²) in [4.78, 5) is 0. The number of hydrogen-bond donors (Lipinski definition) is 0. The summed E-state index contributed by atoms with van der Waals surface area (Å²) >= 11 is 0. The van der Waals surface area contributed by atoms with Crippen molar-refractivity contribution in [2.75, 3.05) is 12.3 Å². The molecular formula is C11H21NO2S. The van der Waals surface area contributed by atoms with Crippen molar-refractivity contribution in [1.29, 1.82) is 0 Å². The Morgan fingerprint density at radius 3 is 2.67 bits per heavy atom. The zero-order valence-electron chi connectivity index (χ0n) is 9.65. The molecule has 2 rings (SSSR count). The van der Waals surface area contributed by atoms with Gasteiger partial charge in [-0.05, 0) is 37.5 Å². The second kappa shape index (κ2) is 4.06. The van der Waals surface area contributed by atoms with Gasteiger partial charge >= 0.3 is 0 Å². The van der Waals surface area contributed by atoms with Crippen LogP contribution in [0.3, 0.4) is 0 Å². The van der Waals surface area contributed by atoms with Crippen LogP contribution in [0.4, 0.5) is 0 Å². The van der Waals surface area contributed by atoms with Crippen LogP contribution in [0.5, 0.6) is 0 Å². The van der Waals surface area contributed by atoms with Gasteiger partial charge in [0, 0.05) is 12.6 Å². The van der Waals surface area contributed by atoms with Gasteiger partial charge in [-0.2, -0.15) is 4.31 Å². The summed E-state index contributed by atoms with van der Waals surface area (Å²) in [6.45, 7) is 5.26. The van der Waals surface area contributed by atoms with Crippen molar-refractivity contribution in [1.82, 2.24) is 4.31 Å². The summed E-state index contributed by atoms with van der Waals surface area (Å²) in [7, 11) is -2.90. The zero-order valence-corrected chi connectivity index (χ0v) is 10.5. The molecule has 2 aliphatic rings. The van der Waals surface area contributed by atoms with Crippen LogP contribution < -0.4 is 0 Å². The summed E-state index contributed by atoms with van der Waals surface area (Å²) in [5.41, 5.74) is 0. The van der Waals surface area contributed by atoms with Crippen molar-refractivity contribution in [3.05, 3.63) is 0 Å². The SMILES string of the molecule is CC(C)C1CCN2C(CCCS2(=O)=O)C1. The minimum Gasteiger partial charge on any atom is -0.212 e. The second-order valence-electron chi connectivity index (χ2n) is 5.25. The number of sulfonamides is 1. The molecule has 15 heavy (non-hydrogen) atoms. The summed E-state index contributed by atoms with van der Waals surface area (Å²) in [5.74, 6) is 1.78. The van der Waals surface area contributed by atoms with E-state index in [9.17, 15) is 8.42 Å². The van der Waals surface area contributed by atoms with Gasteiger partial charge < -0.3 is 0 Å². The highest BCUT2D eigenvalue weighted by Crippen LogP contribution is 2.34. The molecule has 0 bridgehead atoms. The number of hydrogen-bond acceptors (Lipinski definition) is 2. The first-order chi connectivity index (χ1) is 7.00. The highest BCUT2D eigenvalue weighted by Gasteiger charge is 2.38. The Morgan fingerprint density at radius 1 is 1.27 bits per heavy atom. The largest absolute Gasteiger partial charge is 0.214 e. The van der Waals surface area contributed by atoms with Gasteiger partial charge in [0.25, 0.3) is 0 Å². The third kappa shape index (κ3) is 2.21. The lowest BCUT2D eigenvalue weighted by molar-refractivity contribution is 0.149. The van der Waals surface area contributed by atoms with Gasteiger partial charge in [0.1, 0.15) is 0 Å². The quantitative estimate of drug-likeness (QED) is 0.690. The van der Waals surface area contributed by atoms with E-state index >= 15 is 0 Å². The number of nitrogens with zero attached hydrogens (tertiary/aromatic N) is 1. The predicted molar refractivity (Wildman–Crippen MR) is 61.1 cm³/mol. The molecule has 2 saturated heterocycles. The van der Waals surface area contributed by atoms with Gasteiger partial charge in [-0.1, -0.05) is 13.8 Å². The summed E-state index contributed by atoms with van der Waals surface area (Å²) in [6, 6.07) is 0.310. The molecule has 2 heterocycles. The highest BCUT2D eigenvalue weighted by atomic mass is 32.2. The molecule has 2 unspecified atom stereocenters. The topological polar surface area (TPSA) is 37.4 Å². The molecule has 0 N–H and O–H groups in total. The Morgan fingerprint density at radius 2 is 2.00 bits per heavy atom. The molecule has 0 radical (unpaired) electrons. The maximum Gasteiger partial charge on any atom is 0.214 e. The Balaban J connectivity index is 2.10. The fraction of sp³-hybridized carbons (Fsp3) is 1.00. The van der Waals surface area contributed by atoms with Crippen molar-refractivity contribution in [3.63, 3.8) is 0 Å². The number of fused-ring (bicyclic) bond motifs is 1. The lowest BCUT2D eigenvalue weighted by Gasteiger charge is -2.42. The second-order valence-corrected chi connectivity index (χ2v) is 7.29. The molecule has 2 aliphatic heterocycles. The first-order valence-corrected chi connectivity index (χ1v) is 7.61. The van der Waals surface area contributed by atoms with Crippen molar-refractivity contribution in [2.24, 2.45) is 11.8 Å². The average molecular weight is 231 g/mol. The molecule has 0 aromatic heterocycles. The lowest BCUT2D eigenvalue weighted by Crippen LogP contribution is -2.50. The van der Waals surface area contributed by atoms with E-state index in [0.29, 0.717) is 17.7 Å². The molecule has 4 heteroatoms. The van der Waals surface area contributed by atoms with Crippen molar-refractivity contribution >= 4 is 10.0 Å². The molecular weight excluding hydrogens is 210 g/mol. The smallest absolute Gasteiger partial charge is 0.212 e. The Hall–Kier alpha value is -0.0900. The Bertz CT molecular complexity index is 323. The average Bonchev–Trinajstić information content (AvgIpc) is 2.16. The molecule has 0 amide bonds. The van der Waals surface area contributed by atoms with E-state index in [2.05, 4.69) is 13.8 Å². The van der Waals surface area contributed by atoms with E-state index in [1.54, 1.807) is 4.31 Å². The number of piperidine rings is 1. The van der Waals surface area contributed by atoms with Gasteiger partial charge in [-0.3, -0.25) is 0 Å². The van der Waals surface area contributed by atoms with E-state index < -0.39 is 10.0 Å². The molecule has 0 aromatic carbocycles. The number of rotatable bonds is 1. The van der Waals surface area contributed by atoms with Crippen molar-refractivity contribution < 1.29 is 8.42 Å². The summed E-state index contributed by atoms with van der Waals surface area (Å²) < 4.78 is 25.4. The van der Waals surface area contributed by atoms with Crippen LogP contribution in [0.2, 0.25) is 0 Å². The van der Waals surface area contributed by atoms with Crippen LogP contribution in [0.25, 0.3) is 0 Å². The minimum absolute atomic E-state index is 0.310. The molecule has 0 aliphatic carbocycles. The molecule has 2 atom stereocenters. The Labute approximate surface area is 92.9 Å². The van der Waals surface area contributed by atoms with Crippen LogP contribution in [-0.4, -0.2) is 31.1 Å². The molecule has 88 valence electrons. The standard InChI is InChI=1S/C11H21NO2S/c1-9(2)10-5-6-12-11(8-10)4-3-7-15(12,13)14/h9-11H,3-8H2,1-2H3. The molecule has 0 aromatic rings. The molecule has 0 spiro atoms. The van der Waals surface area contributed by atoms with Crippen molar-refractivity contribution in [3.8, 4) is 0 Å². The van der Waals surface area contributed by atoms with E-state index in [-0.39, 0.29) is 0 Å². The van der Waals surface area contributed by atoms with Crippen LogP contribution in [0, 0.1) is 11.8 Å². The van der Waals surface area contributed by atoms with Gasteiger partial charge in [0.05, 0.1) is 5.75 Å².